The molecule has 0 saturated carbocycles. The molecular formula is C30H47N4O9P. The molecule has 2 aliphatic rings. The minimum absolute atomic E-state index is 0.0190. The van der Waals surface area contributed by atoms with Gasteiger partial charge in [-0.1, -0.05) is 65.8 Å². The lowest BCUT2D eigenvalue weighted by molar-refractivity contribution is -0.149. The van der Waals surface area contributed by atoms with Crippen LogP contribution in [0.1, 0.15) is 71.9 Å². The predicted octanol–water partition coefficient (Wildman–Crippen LogP) is 2.15. The van der Waals surface area contributed by atoms with E-state index in [1.807, 2.05) is 13.8 Å². The first-order valence-corrected chi connectivity index (χ1v) is 16.5. The number of hydrogen-bond donors (Lipinski definition) is 5. The first-order chi connectivity index (χ1) is 20.5. The van der Waals surface area contributed by atoms with Gasteiger partial charge in [-0.3, -0.25) is 28.3 Å². The predicted molar refractivity (Wildman–Crippen MR) is 163 cm³/mol. The highest BCUT2D eigenvalue weighted by Crippen LogP contribution is 2.50. The van der Waals surface area contributed by atoms with Crippen LogP contribution in [0.25, 0.3) is 0 Å². The van der Waals surface area contributed by atoms with Gasteiger partial charge < -0.3 is 30.9 Å². The molecule has 2 bridgehead atoms. The molecule has 2 heterocycles. The first-order valence-electron chi connectivity index (χ1n) is 14.9. The molecule has 5 N–H and O–H groups in total. The maximum Gasteiger partial charge on any atom is 0.351 e. The van der Waals surface area contributed by atoms with Crippen LogP contribution in [-0.2, 0) is 50.8 Å². The maximum atomic E-state index is 13.6. The fraction of sp³-hybridized carbons (Fsp3) is 0.633. The Morgan fingerprint density at radius 1 is 1.02 bits per heavy atom. The van der Waals surface area contributed by atoms with E-state index >= 15 is 0 Å². The van der Waals surface area contributed by atoms with Crippen molar-refractivity contribution in [2.45, 2.75) is 97.7 Å². The van der Waals surface area contributed by atoms with Gasteiger partial charge in [-0.05, 0) is 35.3 Å². The second kappa shape index (κ2) is 16.7. The van der Waals surface area contributed by atoms with Crippen LogP contribution < -0.4 is 21.3 Å². The summed E-state index contributed by atoms with van der Waals surface area (Å²) in [4.78, 5) is 76.1. The van der Waals surface area contributed by atoms with Gasteiger partial charge in [0.1, 0.15) is 17.9 Å². The molecule has 14 heteroatoms. The molecule has 0 spiro atoms. The highest BCUT2D eigenvalue weighted by Gasteiger charge is 2.41. The summed E-state index contributed by atoms with van der Waals surface area (Å²) < 4.78 is 24.0. The Bertz CT molecular complexity index is 1220. The number of amides is 4. The van der Waals surface area contributed by atoms with E-state index in [9.17, 15) is 33.4 Å². The molecule has 44 heavy (non-hydrogen) atoms. The van der Waals surface area contributed by atoms with Crippen LogP contribution in [0.15, 0.2) is 24.3 Å². The third kappa shape index (κ3) is 11.7. The van der Waals surface area contributed by atoms with E-state index in [4.69, 9.17) is 9.26 Å². The number of ether oxygens (including phenoxy) is 1. The molecule has 1 aromatic rings. The molecule has 5 atom stereocenters. The second-order valence-electron chi connectivity index (χ2n) is 12.3. The smallest absolute Gasteiger partial charge is 0.351 e. The number of carbonyl (C=O) groups is 5. The average molecular weight is 639 g/mol. The number of benzene rings is 1. The molecule has 0 saturated heterocycles. The van der Waals surface area contributed by atoms with E-state index in [0.29, 0.717) is 11.1 Å². The fourth-order valence-corrected chi connectivity index (χ4v) is 6.26. The molecule has 0 aromatic heterocycles. The van der Waals surface area contributed by atoms with Crippen molar-refractivity contribution in [1.29, 1.82) is 0 Å². The Hall–Kier alpha value is -3.28. The van der Waals surface area contributed by atoms with Gasteiger partial charge in [0.05, 0.1) is 13.5 Å². The van der Waals surface area contributed by atoms with Gasteiger partial charge in [0.2, 0.25) is 23.6 Å². The SMILES string of the molecule is COC(=O)[C@@H]1Cc2ccc(cc2)CNC(=O)C[C@H](NC(=O)[C@@H](NC(=O)CC(C)C)C(C)C)C(=O)N[C@@H](CC(C)C)P(=O)(O)O1. The van der Waals surface area contributed by atoms with Crippen LogP contribution in [0.4, 0.5) is 0 Å². The van der Waals surface area contributed by atoms with Crippen molar-refractivity contribution in [2.75, 3.05) is 7.11 Å². The van der Waals surface area contributed by atoms with Crippen LogP contribution in [-0.4, -0.2) is 65.6 Å². The quantitative estimate of drug-likeness (QED) is 0.199. The Morgan fingerprint density at radius 3 is 2.18 bits per heavy atom. The lowest BCUT2D eigenvalue weighted by Crippen LogP contribution is -2.57. The summed E-state index contributed by atoms with van der Waals surface area (Å²) in [6.45, 7) is 10.9. The van der Waals surface area contributed by atoms with Gasteiger partial charge in [-0.25, -0.2) is 4.79 Å². The van der Waals surface area contributed by atoms with E-state index in [0.717, 1.165) is 7.11 Å². The Kier molecular flexibility index (Phi) is 14.0. The van der Waals surface area contributed by atoms with Crippen LogP contribution in [0.5, 0.6) is 0 Å². The molecule has 0 radical (unpaired) electrons. The molecule has 13 nitrogen and oxygen atoms in total. The largest absolute Gasteiger partial charge is 0.467 e. The van der Waals surface area contributed by atoms with Gasteiger partial charge >= 0.3 is 13.6 Å². The average Bonchev–Trinajstić information content (AvgIpc) is 2.92. The number of nitrogens with one attached hydrogen (secondary N) is 4. The lowest BCUT2D eigenvalue weighted by Gasteiger charge is -2.30. The zero-order valence-electron chi connectivity index (χ0n) is 26.5. The molecule has 3 rings (SSSR count). The highest BCUT2D eigenvalue weighted by atomic mass is 31.2. The molecule has 1 unspecified atom stereocenters. The normalized spacial score (nSPS) is 24.0. The van der Waals surface area contributed by atoms with Crippen molar-refractivity contribution in [3.63, 3.8) is 0 Å². The lowest BCUT2D eigenvalue weighted by atomic mass is 10.0. The van der Waals surface area contributed by atoms with Crippen LogP contribution >= 0.6 is 7.60 Å². The summed E-state index contributed by atoms with van der Waals surface area (Å²) in [6, 6.07) is 4.36. The molecule has 0 aliphatic carbocycles. The summed E-state index contributed by atoms with van der Waals surface area (Å²) >= 11 is 0. The number of hydrogen-bond acceptors (Lipinski definition) is 8. The maximum absolute atomic E-state index is 13.6. The number of fused-ring (bicyclic) bond motifs is 13. The third-order valence-corrected chi connectivity index (χ3v) is 8.64. The molecule has 2 aliphatic heterocycles. The molecule has 246 valence electrons. The van der Waals surface area contributed by atoms with E-state index in [2.05, 4.69) is 21.3 Å². The van der Waals surface area contributed by atoms with Gasteiger partial charge in [0.25, 0.3) is 0 Å². The number of methoxy groups -OCH3 is 1. The van der Waals surface area contributed by atoms with E-state index in [1.165, 1.54) is 0 Å². The van der Waals surface area contributed by atoms with Gasteiger partial charge in [-0.15, -0.1) is 0 Å². The Balaban J connectivity index is 2.48. The van der Waals surface area contributed by atoms with Crippen molar-refractivity contribution < 1.29 is 42.7 Å². The topological polar surface area (TPSA) is 189 Å². The Morgan fingerprint density at radius 2 is 1.64 bits per heavy atom. The van der Waals surface area contributed by atoms with Crippen molar-refractivity contribution in [3.05, 3.63) is 35.4 Å². The van der Waals surface area contributed by atoms with Gasteiger partial charge in [-0.2, -0.15) is 0 Å². The van der Waals surface area contributed by atoms with Crippen molar-refractivity contribution in [3.8, 4) is 0 Å². The second-order valence-corrected chi connectivity index (χ2v) is 14.2. The number of esters is 1. The van der Waals surface area contributed by atoms with Gasteiger partial charge in [0.15, 0.2) is 6.10 Å². The number of carbonyl (C=O) groups excluding carboxylic acids is 5. The van der Waals surface area contributed by atoms with E-state index in [1.54, 1.807) is 52.0 Å². The van der Waals surface area contributed by atoms with Crippen LogP contribution in [0.2, 0.25) is 0 Å². The van der Waals surface area contributed by atoms with Crippen molar-refractivity contribution in [2.24, 2.45) is 17.8 Å². The highest BCUT2D eigenvalue weighted by molar-refractivity contribution is 7.53. The van der Waals surface area contributed by atoms with Crippen LogP contribution in [0.3, 0.4) is 0 Å². The molecule has 1 aromatic carbocycles. The summed E-state index contributed by atoms with van der Waals surface area (Å²) in [5, 5.41) is 10.5. The molecule has 4 amide bonds. The molecule has 0 fully saturated rings. The summed E-state index contributed by atoms with van der Waals surface area (Å²) in [5.41, 5.74) is 1.34. The van der Waals surface area contributed by atoms with Gasteiger partial charge in [0, 0.05) is 19.4 Å². The number of rotatable bonds is 9. The zero-order chi connectivity index (χ0) is 33.2. The Labute approximate surface area is 259 Å². The fourth-order valence-electron chi connectivity index (χ4n) is 4.61. The minimum Gasteiger partial charge on any atom is -0.467 e. The van der Waals surface area contributed by atoms with E-state index in [-0.39, 0.29) is 49.5 Å². The summed E-state index contributed by atoms with van der Waals surface area (Å²) in [6.07, 6.45) is -1.84. The standard InChI is InChI=1S/C30H47N4O9P/c1-17(2)12-25(36)33-27(19(5)6)29(38)32-22-15-24(35)31-16-21-10-8-20(9-11-21)14-23(30(39)42-7)43-44(40,41)26(13-18(3)4)34-28(22)37/h8-11,17-19,22-23,26-27H,12-16H2,1-7H3,(H,31,35)(H,32,38)(H,33,36)(H,34,37)(H,40,41)/t22-,23-,26+,27-/m0/s1. The van der Waals surface area contributed by atoms with Crippen LogP contribution in [0, 0.1) is 17.8 Å². The zero-order valence-corrected chi connectivity index (χ0v) is 27.4. The summed E-state index contributed by atoms with van der Waals surface area (Å²) in [5.74, 6) is -5.33. The van der Waals surface area contributed by atoms with E-state index < -0.39 is 61.7 Å². The summed E-state index contributed by atoms with van der Waals surface area (Å²) in [7, 11) is -3.61. The third-order valence-electron chi connectivity index (χ3n) is 6.96. The molecular weight excluding hydrogens is 591 g/mol. The monoisotopic (exact) mass is 638 g/mol. The first kappa shape index (κ1) is 36.9. The van der Waals surface area contributed by atoms with Crippen molar-refractivity contribution in [1.82, 2.24) is 21.3 Å². The van der Waals surface area contributed by atoms with Crippen molar-refractivity contribution >= 4 is 37.2 Å². The minimum atomic E-state index is -4.74.